The van der Waals surface area contributed by atoms with E-state index in [9.17, 15) is 9.59 Å². The average molecular weight is 392 g/mol. The molecule has 1 aromatic carbocycles. The highest BCUT2D eigenvalue weighted by atomic mass is 35.5. The first-order chi connectivity index (χ1) is 12.9. The normalized spacial score (nSPS) is 20.6. The maximum absolute atomic E-state index is 13.3. The van der Waals surface area contributed by atoms with Crippen LogP contribution in [-0.4, -0.2) is 60.4 Å². The van der Waals surface area contributed by atoms with Gasteiger partial charge in [-0.2, -0.15) is 0 Å². The molecule has 1 saturated heterocycles. The highest BCUT2D eigenvalue weighted by Crippen LogP contribution is 2.45. The number of amides is 2. The average Bonchev–Trinajstić information content (AvgIpc) is 2.62. The van der Waals surface area contributed by atoms with Crippen LogP contribution in [0, 0.1) is 0 Å². The van der Waals surface area contributed by atoms with E-state index in [2.05, 4.69) is 17.1 Å². The molecule has 0 bridgehead atoms. The predicted octanol–water partition coefficient (Wildman–Crippen LogP) is 2.82. The van der Waals surface area contributed by atoms with Gasteiger partial charge in [0.1, 0.15) is 0 Å². The number of halogens is 1. The smallest absolute Gasteiger partial charge is 0.234 e. The van der Waals surface area contributed by atoms with Crippen molar-refractivity contribution in [2.75, 3.05) is 32.7 Å². The van der Waals surface area contributed by atoms with E-state index in [0.717, 1.165) is 44.3 Å². The van der Waals surface area contributed by atoms with E-state index >= 15 is 0 Å². The Morgan fingerprint density at radius 2 is 1.78 bits per heavy atom. The van der Waals surface area contributed by atoms with Crippen LogP contribution in [0.25, 0.3) is 0 Å². The molecule has 0 aromatic heterocycles. The zero-order valence-corrected chi connectivity index (χ0v) is 17.1. The lowest BCUT2D eigenvalue weighted by atomic mass is 9.63. The molecule has 1 aliphatic carbocycles. The molecule has 1 aromatic rings. The molecule has 2 fully saturated rings. The van der Waals surface area contributed by atoms with E-state index in [4.69, 9.17) is 11.6 Å². The summed E-state index contributed by atoms with van der Waals surface area (Å²) in [6.45, 7) is 7.35. The summed E-state index contributed by atoms with van der Waals surface area (Å²) < 4.78 is 0. The summed E-state index contributed by atoms with van der Waals surface area (Å²) in [6, 6.07) is 7.94. The van der Waals surface area contributed by atoms with Crippen LogP contribution in [0.4, 0.5) is 0 Å². The zero-order valence-electron chi connectivity index (χ0n) is 16.3. The Labute approximate surface area is 167 Å². The molecule has 2 amide bonds. The van der Waals surface area contributed by atoms with Gasteiger partial charge in [-0.1, -0.05) is 37.1 Å². The molecular weight excluding hydrogens is 362 g/mol. The van der Waals surface area contributed by atoms with Crippen LogP contribution < -0.4 is 5.32 Å². The standard InChI is InChI=1S/C21H30ClN3O2/c1-3-16(2)23-19(26)15-24-11-13-25(14-12-24)20(27)21(9-4-10-21)17-5-7-18(22)8-6-17/h5-8,16H,3-4,9-15H2,1-2H3,(H,23,26). The molecule has 1 heterocycles. The number of rotatable bonds is 6. The molecule has 1 aliphatic heterocycles. The fraction of sp³-hybridized carbons (Fsp3) is 0.619. The second kappa shape index (κ2) is 8.61. The van der Waals surface area contributed by atoms with Crippen LogP contribution >= 0.6 is 11.6 Å². The first-order valence-corrected chi connectivity index (χ1v) is 10.4. The summed E-state index contributed by atoms with van der Waals surface area (Å²) in [7, 11) is 0. The summed E-state index contributed by atoms with van der Waals surface area (Å²) >= 11 is 6.02. The maximum atomic E-state index is 13.3. The van der Waals surface area contributed by atoms with E-state index in [-0.39, 0.29) is 23.3 Å². The number of nitrogens with one attached hydrogen (secondary N) is 1. The summed E-state index contributed by atoms with van der Waals surface area (Å²) in [5.41, 5.74) is 0.708. The Kier molecular flexibility index (Phi) is 6.43. The molecule has 6 heteroatoms. The van der Waals surface area contributed by atoms with Crippen molar-refractivity contribution in [1.82, 2.24) is 15.1 Å². The summed E-state index contributed by atoms with van der Waals surface area (Å²) in [5, 5.41) is 3.71. The Morgan fingerprint density at radius 1 is 1.15 bits per heavy atom. The Balaban J connectivity index is 1.56. The van der Waals surface area contributed by atoms with Gasteiger partial charge in [0.05, 0.1) is 12.0 Å². The van der Waals surface area contributed by atoms with Crippen molar-refractivity contribution in [3.05, 3.63) is 34.9 Å². The van der Waals surface area contributed by atoms with Crippen LogP contribution in [0.2, 0.25) is 5.02 Å². The molecule has 5 nitrogen and oxygen atoms in total. The Bertz CT molecular complexity index is 665. The Morgan fingerprint density at radius 3 is 2.30 bits per heavy atom. The third-order valence-corrected chi connectivity index (χ3v) is 6.31. The van der Waals surface area contributed by atoms with E-state index in [0.29, 0.717) is 24.7 Å². The number of benzene rings is 1. The second-order valence-corrected chi connectivity index (χ2v) is 8.32. The van der Waals surface area contributed by atoms with E-state index in [1.54, 1.807) is 0 Å². The first kappa shape index (κ1) is 20.2. The van der Waals surface area contributed by atoms with Crippen LogP contribution in [0.1, 0.15) is 45.1 Å². The van der Waals surface area contributed by atoms with Crippen molar-refractivity contribution in [3.8, 4) is 0 Å². The van der Waals surface area contributed by atoms with Crippen molar-refractivity contribution < 1.29 is 9.59 Å². The minimum Gasteiger partial charge on any atom is -0.353 e. The third-order valence-electron chi connectivity index (χ3n) is 6.06. The maximum Gasteiger partial charge on any atom is 0.234 e. The molecule has 1 saturated carbocycles. The predicted molar refractivity (Wildman–Crippen MR) is 108 cm³/mol. The summed E-state index contributed by atoms with van der Waals surface area (Å²) in [6.07, 6.45) is 3.83. The van der Waals surface area contributed by atoms with E-state index < -0.39 is 0 Å². The second-order valence-electron chi connectivity index (χ2n) is 7.89. The van der Waals surface area contributed by atoms with E-state index in [1.807, 2.05) is 36.1 Å². The van der Waals surface area contributed by atoms with Gasteiger partial charge >= 0.3 is 0 Å². The van der Waals surface area contributed by atoms with Gasteiger partial charge in [0.25, 0.3) is 0 Å². The number of hydrogen-bond acceptors (Lipinski definition) is 3. The quantitative estimate of drug-likeness (QED) is 0.811. The number of nitrogens with zero attached hydrogens (tertiary/aromatic N) is 2. The zero-order chi connectivity index (χ0) is 19.4. The highest BCUT2D eigenvalue weighted by Gasteiger charge is 2.47. The molecule has 0 radical (unpaired) electrons. The van der Waals surface area contributed by atoms with Gasteiger partial charge in [-0.3, -0.25) is 14.5 Å². The number of piperazine rings is 1. The van der Waals surface area contributed by atoms with Gasteiger partial charge in [-0.05, 0) is 43.9 Å². The topological polar surface area (TPSA) is 52.7 Å². The Hall–Kier alpha value is -1.59. The molecule has 27 heavy (non-hydrogen) atoms. The first-order valence-electron chi connectivity index (χ1n) is 10.0. The number of carbonyl (C=O) groups excluding carboxylic acids is 2. The van der Waals surface area contributed by atoms with Crippen molar-refractivity contribution >= 4 is 23.4 Å². The SMILES string of the molecule is CCC(C)NC(=O)CN1CCN(C(=O)C2(c3ccc(Cl)cc3)CCC2)CC1. The lowest BCUT2D eigenvalue weighted by molar-refractivity contribution is -0.142. The molecule has 148 valence electrons. The van der Waals surface area contributed by atoms with Gasteiger partial charge in [0, 0.05) is 37.2 Å². The van der Waals surface area contributed by atoms with Crippen LogP contribution in [-0.2, 0) is 15.0 Å². The molecular formula is C21H30ClN3O2. The van der Waals surface area contributed by atoms with Gasteiger partial charge < -0.3 is 10.2 Å². The number of hydrogen-bond donors (Lipinski definition) is 1. The van der Waals surface area contributed by atoms with Crippen molar-refractivity contribution in [2.45, 2.75) is 51.0 Å². The van der Waals surface area contributed by atoms with Gasteiger partial charge in [-0.25, -0.2) is 0 Å². The van der Waals surface area contributed by atoms with E-state index in [1.165, 1.54) is 0 Å². The third kappa shape index (κ3) is 4.46. The fourth-order valence-electron chi connectivity index (χ4n) is 3.96. The molecule has 1 N–H and O–H groups in total. The molecule has 0 spiro atoms. The minimum atomic E-state index is -0.374. The molecule has 1 atom stereocenters. The lowest BCUT2D eigenvalue weighted by Crippen LogP contribution is -2.57. The van der Waals surface area contributed by atoms with Gasteiger partial charge in [0.2, 0.25) is 11.8 Å². The van der Waals surface area contributed by atoms with Crippen molar-refractivity contribution in [1.29, 1.82) is 0 Å². The lowest BCUT2D eigenvalue weighted by Gasteiger charge is -2.46. The van der Waals surface area contributed by atoms with Gasteiger partial charge in [-0.15, -0.1) is 0 Å². The van der Waals surface area contributed by atoms with Gasteiger partial charge in [0.15, 0.2) is 0 Å². The molecule has 1 unspecified atom stereocenters. The molecule has 3 rings (SSSR count). The summed E-state index contributed by atoms with van der Waals surface area (Å²) in [5.74, 6) is 0.306. The van der Waals surface area contributed by atoms with Crippen LogP contribution in [0.15, 0.2) is 24.3 Å². The van der Waals surface area contributed by atoms with Crippen LogP contribution in [0.3, 0.4) is 0 Å². The molecule has 2 aliphatic rings. The highest BCUT2D eigenvalue weighted by molar-refractivity contribution is 6.30. The van der Waals surface area contributed by atoms with Crippen molar-refractivity contribution in [2.24, 2.45) is 0 Å². The van der Waals surface area contributed by atoms with Crippen LogP contribution in [0.5, 0.6) is 0 Å². The minimum absolute atomic E-state index is 0.0701. The monoisotopic (exact) mass is 391 g/mol. The summed E-state index contributed by atoms with van der Waals surface area (Å²) in [4.78, 5) is 29.5. The largest absolute Gasteiger partial charge is 0.353 e. The number of carbonyl (C=O) groups is 2. The fourth-order valence-corrected chi connectivity index (χ4v) is 4.09. The van der Waals surface area contributed by atoms with Crippen molar-refractivity contribution in [3.63, 3.8) is 0 Å².